The van der Waals surface area contributed by atoms with Gasteiger partial charge in [0, 0.05) is 6.42 Å². The summed E-state index contributed by atoms with van der Waals surface area (Å²) in [6, 6.07) is 0. The van der Waals surface area contributed by atoms with Crippen LogP contribution in [0.25, 0.3) is 0 Å². The van der Waals surface area contributed by atoms with Gasteiger partial charge in [0.2, 0.25) is 0 Å². The van der Waals surface area contributed by atoms with Crippen molar-refractivity contribution in [3.05, 3.63) is 12.7 Å². The molecule has 4 rings (SSSR count). The Hall–Kier alpha value is -0.870. The maximum atomic E-state index is 12.9. The molecule has 140 valence electrons. The van der Waals surface area contributed by atoms with E-state index in [0.29, 0.717) is 18.9 Å². The predicted octanol–water partition coefficient (Wildman–Crippen LogP) is 4.23. The molecule has 0 aromatic heterocycles. The molecule has 3 saturated carbocycles. The van der Waals surface area contributed by atoms with Crippen molar-refractivity contribution in [3.63, 3.8) is 0 Å². The van der Waals surface area contributed by atoms with Crippen LogP contribution in [0, 0.1) is 22.2 Å². The summed E-state index contributed by atoms with van der Waals surface area (Å²) in [5.41, 5.74) is -0.173. The van der Waals surface area contributed by atoms with Crippen molar-refractivity contribution in [2.24, 2.45) is 22.2 Å². The molecule has 5 unspecified atom stereocenters. The lowest BCUT2D eigenvalue weighted by Gasteiger charge is -2.45. The van der Waals surface area contributed by atoms with Gasteiger partial charge in [-0.2, -0.15) is 0 Å². The summed E-state index contributed by atoms with van der Waals surface area (Å²) < 4.78 is 18.5. The van der Waals surface area contributed by atoms with Crippen LogP contribution in [0.3, 0.4) is 0 Å². The second-order valence-electron chi connectivity index (χ2n) is 9.39. The van der Waals surface area contributed by atoms with Gasteiger partial charge in [-0.3, -0.25) is 4.79 Å². The van der Waals surface area contributed by atoms with Gasteiger partial charge in [0.15, 0.2) is 5.79 Å². The molecule has 0 spiro atoms. The third kappa shape index (κ3) is 2.10. The van der Waals surface area contributed by atoms with Gasteiger partial charge in [-0.15, -0.1) is 0 Å². The molecule has 4 nitrogen and oxygen atoms in total. The minimum atomic E-state index is -0.778. The molecule has 0 N–H and O–H groups in total. The first kappa shape index (κ1) is 17.5. The number of ether oxygens (including phenoxy) is 3. The normalized spacial score (nSPS) is 47.0. The first-order valence-corrected chi connectivity index (χ1v) is 9.91. The highest BCUT2D eigenvalue weighted by Gasteiger charge is 2.70. The summed E-state index contributed by atoms with van der Waals surface area (Å²) in [6.45, 7) is 11.7. The topological polar surface area (TPSA) is 44.8 Å². The third-order valence-corrected chi connectivity index (χ3v) is 8.47. The average Bonchev–Trinajstić information content (AvgIpc) is 3.20. The Labute approximate surface area is 151 Å². The van der Waals surface area contributed by atoms with E-state index in [2.05, 4.69) is 27.4 Å². The Kier molecular flexibility index (Phi) is 3.90. The van der Waals surface area contributed by atoms with Crippen LogP contribution < -0.4 is 0 Å². The molecule has 25 heavy (non-hydrogen) atoms. The molecule has 0 amide bonds. The molecule has 4 fully saturated rings. The molecule has 4 heteroatoms. The van der Waals surface area contributed by atoms with Crippen LogP contribution in [0.4, 0.5) is 0 Å². The van der Waals surface area contributed by atoms with Gasteiger partial charge in [0.1, 0.15) is 12.0 Å². The van der Waals surface area contributed by atoms with Crippen LogP contribution >= 0.6 is 0 Å². The molecule has 4 aliphatic rings. The van der Waals surface area contributed by atoms with Crippen molar-refractivity contribution in [2.75, 3.05) is 13.2 Å². The fourth-order valence-electron chi connectivity index (χ4n) is 6.34. The minimum absolute atomic E-state index is 0.157. The summed E-state index contributed by atoms with van der Waals surface area (Å²) in [6.07, 6.45) is 8.66. The van der Waals surface area contributed by atoms with Crippen molar-refractivity contribution in [3.8, 4) is 0 Å². The number of carbonyl (C=O) groups is 1. The van der Waals surface area contributed by atoms with E-state index in [9.17, 15) is 4.79 Å². The van der Waals surface area contributed by atoms with Crippen LogP contribution in [-0.2, 0) is 19.0 Å². The monoisotopic (exact) mass is 348 g/mol. The predicted molar refractivity (Wildman–Crippen MR) is 94.8 cm³/mol. The number of hydrogen-bond donors (Lipinski definition) is 0. The molecule has 5 atom stereocenters. The number of carbonyl (C=O) groups excluding carboxylic acids is 1. The van der Waals surface area contributed by atoms with Crippen molar-refractivity contribution < 1.29 is 19.0 Å². The molecular weight excluding hydrogens is 316 g/mol. The third-order valence-electron chi connectivity index (χ3n) is 8.47. The van der Waals surface area contributed by atoms with Crippen LogP contribution in [0.5, 0.6) is 0 Å². The fourth-order valence-corrected chi connectivity index (χ4v) is 6.34. The molecule has 1 heterocycles. The summed E-state index contributed by atoms with van der Waals surface area (Å²) >= 11 is 0. The highest BCUT2D eigenvalue weighted by molar-refractivity contribution is 5.79. The Bertz CT molecular complexity index is 570. The van der Waals surface area contributed by atoms with E-state index >= 15 is 0 Å². The lowest BCUT2D eigenvalue weighted by atomic mass is 9.69. The van der Waals surface area contributed by atoms with Crippen LogP contribution in [0.2, 0.25) is 0 Å². The molecule has 0 aromatic rings. The highest BCUT2D eigenvalue weighted by atomic mass is 16.7. The molecule has 0 aromatic carbocycles. The van der Waals surface area contributed by atoms with Crippen LogP contribution in [-0.4, -0.2) is 31.1 Å². The zero-order valence-electron chi connectivity index (χ0n) is 15.9. The van der Waals surface area contributed by atoms with E-state index in [1.807, 2.05) is 0 Å². The van der Waals surface area contributed by atoms with Crippen molar-refractivity contribution in [1.29, 1.82) is 0 Å². The number of hydrogen-bond acceptors (Lipinski definition) is 4. The van der Waals surface area contributed by atoms with E-state index < -0.39 is 11.2 Å². The fraction of sp³-hybridized carbons (Fsp3) is 0.857. The van der Waals surface area contributed by atoms with Crippen molar-refractivity contribution >= 4 is 5.97 Å². The quantitative estimate of drug-likeness (QED) is 0.551. The van der Waals surface area contributed by atoms with Gasteiger partial charge in [0.05, 0.1) is 12.7 Å². The summed E-state index contributed by atoms with van der Waals surface area (Å²) in [5.74, 6) is -0.224. The molecule has 1 aliphatic heterocycles. The van der Waals surface area contributed by atoms with Crippen molar-refractivity contribution in [1.82, 2.24) is 0 Å². The van der Waals surface area contributed by atoms with Crippen LogP contribution in [0.15, 0.2) is 12.7 Å². The van der Waals surface area contributed by atoms with Crippen molar-refractivity contribution in [2.45, 2.75) is 77.6 Å². The van der Waals surface area contributed by atoms with E-state index in [-0.39, 0.29) is 29.5 Å². The van der Waals surface area contributed by atoms with Gasteiger partial charge < -0.3 is 14.2 Å². The largest absolute Gasteiger partial charge is 0.461 e. The number of esters is 1. The molecule has 1 saturated heterocycles. The summed E-state index contributed by atoms with van der Waals surface area (Å²) in [7, 11) is 0. The Morgan fingerprint density at radius 2 is 2.04 bits per heavy atom. The second-order valence-corrected chi connectivity index (χ2v) is 9.39. The SMILES string of the molecule is C=CCOC(=O)C12CCCC1(OC1CC3CCC1(C)C3(C)C)OCC2. The molecule has 0 radical (unpaired) electrons. The summed E-state index contributed by atoms with van der Waals surface area (Å²) in [5, 5.41) is 0. The maximum absolute atomic E-state index is 12.9. The van der Waals surface area contributed by atoms with Gasteiger partial charge in [-0.1, -0.05) is 33.4 Å². The van der Waals surface area contributed by atoms with Gasteiger partial charge in [-0.25, -0.2) is 0 Å². The molecule has 3 aliphatic carbocycles. The first-order chi connectivity index (χ1) is 11.8. The lowest BCUT2D eigenvalue weighted by molar-refractivity contribution is -0.285. The van der Waals surface area contributed by atoms with Gasteiger partial charge >= 0.3 is 5.97 Å². The van der Waals surface area contributed by atoms with Gasteiger partial charge in [-0.05, 0) is 55.3 Å². The average molecular weight is 348 g/mol. The standard InChI is InChI=1S/C21H32O4/c1-5-12-23-17(22)20-8-6-9-21(20,24-13-11-20)25-16-14-15-7-10-19(16,4)18(15,2)3/h5,15-16H,1,6-14H2,2-4H3. The minimum Gasteiger partial charge on any atom is -0.461 e. The Morgan fingerprint density at radius 3 is 2.68 bits per heavy atom. The Morgan fingerprint density at radius 1 is 1.24 bits per heavy atom. The van der Waals surface area contributed by atoms with E-state index in [1.165, 1.54) is 12.8 Å². The zero-order valence-corrected chi connectivity index (χ0v) is 15.9. The molecular formula is C21H32O4. The first-order valence-electron chi connectivity index (χ1n) is 9.91. The lowest BCUT2D eigenvalue weighted by Crippen LogP contribution is -2.53. The maximum Gasteiger partial charge on any atom is 0.317 e. The van der Waals surface area contributed by atoms with E-state index in [0.717, 1.165) is 25.7 Å². The van der Waals surface area contributed by atoms with Gasteiger partial charge in [0.25, 0.3) is 0 Å². The van der Waals surface area contributed by atoms with E-state index in [1.54, 1.807) is 6.08 Å². The van der Waals surface area contributed by atoms with E-state index in [4.69, 9.17) is 14.2 Å². The zero-order chi connectivity index (χ0) is 17.9. The number of rotatable bonds is 5. The summed E-state index contributed by atoms with van der Waals surface area (Å²) in [4.78, 5) is 12.9. The van der Waals surface area contributed by atoms with Crippen LogP contribution in [0.1, 0.15) is 65.7 Å². The second kappa shape index (κ2) is 5.56. The highest BCUT2D eigenvalue weighted by Crippen LogP contribution is 2.68. The number of fused-ring (bicyclic) bond motifs is 3. The molecule has 2 bridgehead atoms. The smallest absolute Gasteiger partial charge is 0.317 e. The Balaban J connectivity index is 1.61.